The monoisotopic (exact) mass is 468 g/mol. The van der Waals surface area contributed by atoms with E-state index in [4.69, 9.17) is 0 Å². The molecule has 1 nitrogen and oxygen atoms in total. The SMILES string of the molecule is CCCCC1CCC(c2ccc(C#Cc3ccc4c(F)c(OC(F)(F)F)ccc4c3)cc2)CC1. The minimum atomic E-state index is -4.94. The van der Waals surface area contributed by atoms with Gasteiger partial charge in [-0.2, -0.15) is 0 Å². The molecule has 0 aliphatic heterocycles. The van der Waals surface area contributed by atoms with Crippen molar-refractivity contribution < 1.29 is 22.3 Å². The quantitative estimate of drug-likeness (QED) is 0.269. The third kappa shape index (κ3) is 6.11. The Morgan fingerprint density at radius 1 is 0.882 bits per heavy atom. The van der Waals surface area contributed by atoms with Gasteiger partial charge in [-0.15, -0.1) is 13.2 Å². The highest BCUT2D eigenvalue weighted by Crippen LogP contribution is 2.37. The van der Waals surface area contributed by atoms with Crippen LogP contribution in [0, 0.1) is 23.6 Å². The van der Waals surface area contributed by atoms with Gasteiger partial charge < -0.3 is 4.74 Å². The van der Waals surface area contributed by atoms with Crippen molar-refractivity contribution in [2.45, 2.75) is 64.1 Å². The summed E-state index contributed by atoms with van der Waals surface area (Å²) >= 11 is 0. The lowest BCUT2D eigenvalue weighted by Gasteiger charge is -2.28. The summed E-state index contributed by atoms with van der Waals surface area (Å²) in [5, 5.41) is 0.518. The summed E-state index contributed by atoms with van der Waals surface area (Å²) in [6, 6.07) is 15.5. The van der Waals surface area contributed by atoms with Crippen LogP contribution in [-0.4, -0.2) is 6.36 Å². The van der Waals surface area contributed by atoms with Gasteiger partial charge in [-0.1, -0.05) is 62.3 Å². The Hall–Kier alpha value is -3.00. The van der Waals surface area contributed by atoms with Crippen LogP contribution in [0.5, 0.6) is 5.75 Å². The summed E-state index contributed by atoms with van der Waals surface area (Å²) in [6.45, 7) is 2.25. The van der Waals surface area contributed by atoms with Crippen LogP contribution in [-0.2, 0) is 0 Å². The number of rotatable bonds is 5. The molecule has 178 valence electrons. The van der Waals surface area contributed by atoms with Gasteiger partial charge in [0.15, 0.2) is 11.6 Å². The molecule has 34 heavy (non-hydrogen) atoms. The Balaban J connectivity index is 1.42. The van der Waals surface area contributed by atoms with Gasteiger partial charge in [0.05, 0.1) is 0 Å². The Morgan fingerprint density at radius 3 is 2.24 bits per heavy atom. The molecule has 1 fully saturated rings. The first-order valence-corrected chi connectivity index (χ1v) is 11.9. The third-order valence-electron chi connectivity index (χ3n) is 6.69. The van der Waals surface area contributed by atoms with Crippen molar-refractivity contribution in [2.24, 2.45) is 5.92 Å². The molecule has 3 aromatic rings. The highest BCUT2D eigenvalue weighted by Gasteiger charge is 2.32. The lowest BCUT2D eigenvalue weighted by Crippen LogP contribution is -2.17. The number of hydrogen-bond acceptors (Lipinski definition) is 1. The minimum absolute atomic E-state index is 0.0565. The maximum atomic E-state index is 14.4. The van der Waals surface area contributed by atoms with Gasteiger partial charge in [0.1, 0.15) is 0 Å². The van der Waals surface area contributed by atoms with Crippen molar-refractivity contribution in [1.29, 1.82) is 0 Å². The Kier molecular flexibility index (Phi) is 7.46. The van der Waals surface area contributed by atoms with E-state index in [1.807, 2.05) is 12.1 Å². The van der Waals surface area contributed by atoms with Crippen LogP contribution in [0.4, 0.5) is 17.6 Å². The van der Waals surface area contributed by atoms with Gasteiger partial charge in [-0.25, -0.2) is 4.39 Å². The Bertz CT molecular complexity index is 1180. The molecule has 1 saturated carbocycles. The lowest BCUT2D eigenvalue weighted by atomic mass is 9.77. The molecule has 0 unspecified atom stereocenters. The molecule has 3 aromatic carbocycles. The molecule has 4 rings (SSSR count). The number of benzene rings is 3. The van der Waals surface area contributed by atoms with Crippen LogP contribution in [0.2, 0.25) is 0 Å². The van der Waals surface area contributed by atoms with E-state index in [1.54, 1.807) is 12.1 Å². The summed E-state index contributed by atoms with van der Waals surface area (Å²) in [5.74, 6) is 5.83. The van der Waals surface area contributed by atoms with Crippen molar-refractivity contribution in [1.82, 2.24) is 0 Å². The molecule has 0 radical (unpaired) electrons. The summed E-state index contributed by atoms with van der Waals surface area (Å²) in [4.78, 5) is 0. The maximum Gasteiger partial charge on any atom is 0.573 e. The first kappa shape index (κ1) is 24.1. The molecule has 5 heteroatoms. The fourth-order valence-electron chi connectivity index (χ4n) is 4.81. The predicted molar refractivity (Wildman–Crippen MR) is 127 cm³/mol. The zero-order chi connectivity index (χ0) is 24.1. The van der Waals surface area contributed by atoms with Crippen molar-refractivity contribution in [3.05, 3.63) is 77.1 Å². The second-order valence-corrected chi connectivity index (χ2v) is 9.09. The molecule has 0 saturated heterocycles. The van der Waals surface area contributed by atoms with E-state index in [1.165, 1.54) is 62.6 Å². The summed E-state index contributed by atoms with van der Waals surface area (Å²) < 4.78 is 55.4. The fourth-order valence-corrected chi connectivity index (χ4v) is 4.81. The van der Waals surface area contributed by atoms with E-state index < -0.39 is 17.9 Å². The smallest absolute Gasteiger partial charge is 0.403 e. The van der Waals surface area contributed by atoms with E-state index >= 15 is 0 Å². The summed E-state index contributed by atoms with van der Waals surface area (Å²) in [7, 11) is 0. The van der Waals surface area contributed by atoms with Gasteiger partial charge in [-0.3, -0.25) is 0 Å². The van der Waals surface area contributed by atoms with Crippen LogP contribution in [0.3, 0.4) is 0 Å². The molecule has 0 N–H and O–H groups in total. The van der Waals surface area contributed by atoms with Gasteiger partial charge in [0, 0.05) is 16.5 Å². The Labute approximate surface area is 198 Å². The van der Waals surface area contributed by atoms with E-state index in [-0.39, 0.29) is 5.39 Å². The van der Waals surface area contributed by atoms with Crippen LogP contribution < -0.4 is 4.74 Å². The van der Waals surface area contributed by atoms with Gasteiger partial charge in [-0.05, 0) is 78.8 Å². The summed E-state index contributed by atoms with van der Waals surface area (Å²) in [6.07, 6.45) is 4.17. The van der Waals surface area contributed by atoms with Crippen molar-refractivity contribution in [3.8, 4) is 17.6 Å². The number of halogens is 4. The van der Waals surface area contributed by atoms with Crippen LogP contribution in [0.25, 0.3) is 10.8 Å². The van der Waals surface area contributed by atoms with Crippen molar-refractivity contribution >= 4 is 10.8 Å². The fraction of sp³-hybridized carbons (Fsp3) is 0.379. The molecule has 1 aliphatic rings. The van der Waals surface area contributed by atoms with Crippen LogP contribution in [0.15, 0.2) is 54.6 Å². The van der Waals surface area contributed by atoms with Gasteiger partial charge in [0.25, 0.3) is 0 Å². The van der Waals surface area contributed by atoms with Crippen LogP contribution in [0.1, 0.15) is 74.5 Å². The van der Waals surface area contributed by atoms with Crippen molar-refractivity contribution in [2.75, 3.05) is 0 Å². The first-order valence-electron chi connectivity index (χ1n) is 11.9. The average molecular weight is 469 g/mol. The highest BCUT2D eigenvalue weighted by atomic mass is 19.4. The van der Waals surface area contributed by atoms with E-state index in [0.29, 0.717) is 16.9 Å². The molecular formula is C29H28F4O. The first-order chi connectivity index (χ1) is 16.3. The topological polar surface area (TPSA) is 9.23 Å². The van der Waals surface area contributed by atoms with Gasteiger partial charge >= 0.3 is 6.36 Å². The molecular weight excluding hydrogens is 440 g/mol. The lowest BCUT2D eigenvalue weighted by molar-refractivity contribution is -0.275. The second-order valence-electron chi connectivity index (χ2n) is 9.09. The predicted octanol–water partition coefficient (Wildman–Crippen LogP) is 8.74. The number of alkyl halides is 3. The number of hydrogen-bond donors (Lipinski definition) is 0. The zero-order valence-corrected chi connectivity index (χ0v) is 19.2. The molecule has 0 heterocycles. The number of fused-ring (bicyclic) bond motifs is 1. The number of unbranched alkanes of at least 4 members (excludes halogenated alkanes) is 1. The zero-order valence-electron chi connectivity index (χ0n) is 19.2. The molecule has 0 bridgehead atoms. The van der Waals surface area contributed by atoms with Crippen LogP contribution >= 0.6 is 0 Å². The normalized spacial score (nSPS) is 18.4. The molecule has 1 aliphatic carbocycles. The van der Waals surface area contributed by atoms with E-state index in [0.717, 1.165) is 17.5 Å². The maximum absolute atomic E-state index is 14.4. The van der Waals surface area contributed by atoms with Crippen molar-refractivity contribution in [3.63, 3.8) is 0 Å². The second kappa shape index (κ2) is 10.5. The molecule has 0 atom stereocenters. The van der Waals surface area contributed by atoms with E-state index in [9.17, 15) is 17.6 Å². The highest BCUT2D eigenvalue weighted by molar-refractivity contribution is 5.86. The van der Waals surface area contributed by atoms with E-state index in [2.05, 4.69) is 35.6 Å². The number of ether oxygens (including phenoxy) is 1. The average Bonchev–Trinajstić information content (AvgIpc) is 2.83. The minimum Gasteiger partial charge on any atom is -0.403 e. The molecule has 0 spiro atoms. The molecule has 0 amide bonds. The largest absolute Gasteiger partial charge is 0.573 e. The molecule has 0 aromatic heterocycles. The van der Waals surface area contributed by atoms with Gasteiger partial charge in [0.2, 0.25) is 0 Å². The third-order valence-corrected chi connectivity index (χ3v) is 6.69. The standard InChI is InChI=1S/C29H28F4O/c1-2-3-4-20-7-12-23(13-8-20)24-14-9-21(10-15-24)5-6-22-11-17-26-25(19-22)16-18-27(28(26)30)34-29(31,32)33/h9-11,14-20,23H,2-4,7-8,12-13H2,1H3. The Morgan fingerprint density at radius 2 is 1.56 bits per heavy atom. The summed E-state index contributed by atoms with van der Waals surface area (Å²) in [5.41, 5.74) is 2.92.